The van der Waals surface area contributed by atoms with Gasteiger partial charge in [-0.15, -0.1) is 0 Å². The van der Waals surface area contributed by atoms with Gasteiger partial charge in [-0.2, -0.15) is 5.10 Å². The normalized spacial score (nSPS) is 15.0. The minimum atomic E-state index is -0.256. The molecule has 2 aromatic rings. The van der Waals surface area contributed by atoms with Crippen molar-refractivity contribution < 1.29 is 9.59 Å². The molecule has 1 aromatic carbocycles. The molecule has 2 heterocycles. The van der Waals surface area contributed by atoms with E-state index in [4.69, 9.17) is 0 Å². The number of carbonyl (C=O) groups excluding carboxylic acids is 2. The Labute approximate surface area is 159 Å². The largest absolute Gasteiger partial charge is 0.342 e. The Morgan fingerprint density at radius 1 is 1.11 bits per heavy atom. The van der Waals surface area contributed by atoms with E-state index in [-0.39, 0.29) is 18.4 Å². The molecule has 1 aliphatic heterocycles. The van der Waals surface area contributed by atoms with Crippen LogP contribution in [0.1, 0.15) is 28.7 Å². The quantitative estimate of drug-likeness (QED) is 0.833. The highest BCUT2D eigenvalue weighted by Gasteiger charge is 2.22. The van der Waals surface area contributed by atoms with Crippen LogP contribution < -0.4 is 5.32 Å². The highest BCUT2D eigenvalue weighted by molar-refractivity contribution is 5.95. The average molecular weight is 369 g/mol. The molecule has 3 rings (SSSR count). The maximum atomic E-state index is 12.4. The number of nitrogens with one attached hydrogen (secondary N) is 1. The third kappa shape index (κ3) is 4.95. The molecule has 1 aromatic heterocycles. The SMILES string of the molecule is CCn1nc(C)cc1C(=O)NCC(=O)N1CCN(Cc2ccccc2)CC1. The van der Waals surface area contributed by atoms with E-state index in [2.05, 4.69) is 27.4 Å². The summed E-state index contributed by atoms with van der Waals surface area (Å²) in [5.74, 6) is -0.296. The van der Waals surface area contributed by atoms with Crippen LogP contribution in [0.25, 0.3) is 0 Å². The molecule has 0 aliphatic carbocycles. The van der Waals surface area contributed by atoms with E-state index >= 15 is 0 Å². The molecule has 2 amide bonds. The second-order valence-corrected chi connectivity index (χ2v) is 6.81. The number of amides is 2. The topological polar surface area (TPSA) is 70.5 Å². The molecular formula is C20H27N5O2. The van der Waals surface area contributed by atoms with Gasteiger partial charge < -0.3 is 10.2 Å². The van der Waals surface area contributed by atoms with E-state index in [0.29, 0.717) is 25.3 Å². The van der Waals surface area contributed by atoms with Gasteiger partial charge in [0.1, 0.15) is 5.69 Å². The zero-order valence-electron chi connectivity index (χ0n) is 16.0. The number of carbonyl (C=O) groups is 2. The molecule has 1 aliphatic rings. The van der Waals surface area contributed by atoms with E-state index in [1.165, 1.54) is 5.56 Å². The second-order valence-electron chi connectivity index (χ2n) is 6.81. The number of piperazine rings is 1. The van der Waals surface area contributed by atoms with Crippen LogP contribution >= 0.6 is 0 Å². The van der Waals surface area contributed by atoms with Gasteiger partial charge in [-0.3, -0.25) is 19.2 Å². The third-order valence-electron chi connectivity index (χ3n) is 4.81. The van der Waals surface area contributed by atoms with Crippen molar-refractivity contribution in [1.82, 2.24) is 24.9 Å². The molecular weight excluding hydrogens is 342 g/mol. The standard InChI is InChI=1S/C20H27N5O2/c1-3-25-18(13-16(2)22-25)20(27)21-14-19(26)24-11-9-23(10-12-24)15-17-7-5-4-6-8-17/h4-8,13H,3,9-12,14-15H2,1-2H3,(H,21,27). The summed E-state index contributed by atoms with van der Waals surface area (Å²) in [5.41, 5.74) is 2.57. The Balaban J connectivity index is 1.45. The number of hydrogen-bond donors (Lipinski definition) is 1. The van der Waals surface area contributed by atoms with Crippen molar-refractivity contribution >= 4 is 11.8 Å². The van der Waals surface area contributed by atoms with Gasteiger partial charge in [-0.25, -0.2) is 0 Å². The maximum Gasteiger partial charge on any atom is 0.269 e. The fraction of sp³-hybridized carbons (Fsp3) is 0.450. The highest BCUT2D eigenvalue weighted by Crippen LogP contribution is 2.09. The van der Waals surface area contributed by atoms with Crippen LogP contribution in [0.4, 0.5) is 0 Å². The van der Waals surface area contributed by atoms with Crippen LogP contribution in [0.5, 0.6) is 0 Å². The molecule has 1 N–H and O–H groups in total. The summed E-state index contributed by atoms with van der Waals surface area (Å²) >= 11 is 0. The summed E-state index contributed by atoms with van der Waals surface area (Å²) in [7, 11) is 0. The summed E-state index contributed by atoms with van der Waals surface area (Å²) in [5, 5.41) is 7.00. The predicted molar refractivity (Wildman–Crippen MR) is 103 cm³/mol. The van der Waals surface area contributed by atoms with Gasteiger partial charge >= 0.3 is 0 Å². The Bertz CT molecular complexity index is 779. The number of rotatable bonds is 6. The Kier molecular flexibility index (Phi) is 6.24. The van der Waals surface area contributed by atoms with Crippen molar-refractivity contribution in [2.24, 2.45) is 0 Å². The number of hydrogen-bond acceptors (Lipinski definition) is 4. The first-order valence-corrected chi connectivity index (χ1v) is 9.43. The molecule has 27 heavy (non-hydrogen) atoms. The van der Waals surface area contributed by atoms with Crippen LogP contribution in [0.2, 0.25) is 0 Å². The zero-order chi connectivity index (χ0) is 19.2. The second kappa shape index (κ2) is 8.81. The van der Waals surface area contributed by atoms with Crippen molar-refractivity contribution in [1.29, 1.82) is 0 Å². The van der Waals surface area contributed by atoms with Gasteiger partial charge in [-0.1, -0.05) is 30.3 Å². The minimum absolute atomic E-state index is 0.0193. The maximum absolute atomic E-state index is 12.4. The monoisotopic (exact) mass is 369 g/mol. The minimum Gasteiger partial charge on any atom is -0.342 e. The van der Waals surface area contributed by atoms with Gasteiger partial charge in [0, 0.05) is 39.3 Å². The number of nitrogens with zero attached hydrogens (tertiary/aromatic N) is 4. The Morgan fingerprint density at radius 2 is 1.81 bits per heavy atom. The molecule has 1 saturated heterocycles. The van der Waals surface area contributed by atoms with Gasteiger partial charge in [0.2, 0.25) is 5.91 Å². The summed E-state index contributed by atoms with van der Waals surface area (Å²) in [6.07, 6.45) is 0. The van der Waals surface area contributed by atoms with Crippen LogP contribution in [-0.2, 0) is 17.9 Å². The molecule has 7 heteroatoms. The number of benzene rings is 1. The van der Waals surface area contributed by atoms with Crippen molar-refractivity contribution in [3.8, 4) is 0 Å². The lowest BCUT2D eigenvalue weighted by atomic mass is 10.2. The number of aromatic nitrogens is 2. The number of aryl methyl sites for hydroxylation is 2. The first kappa shape index (κ1) is 19.1. The zero-order valence-corrected chi connectivity index (χ0v) is 16.0. The lowest BCUT2D eigenvalue weighted by Gasteiger charge is -2.34. The van der Waals surface area contributed by atoms with Crippen molar-refractivity contribution in [2.45, 2.75) is 26.9 Å². The van der Waals surface area contributed by atoms with E-state index in [0.717, 1.165) is 25.3 Å². The summed E-state index contributed by atoms with van der Waals surface area (Å²) in [6, 6.07) is 12.1. The van der Waals surface area contributed by atoms with E-state index in [1.54, 1.807) is 10.7 Å². The summed E-state index contributed by atoms with van der Waals surface area (Å²) in [6.45, 7) is 8.39. The lowest BCUT2D eigenvalue weighted by Crippen LogP contribution is -2.50. The summed E-state index contributed by atoms with van der Waals surface area (Å²) in [4.78, 5) is 28.9. The third-order valence-corrected chi connectivity index (χ3v) is 4.81. The smallest absolute Gasteiger partial charge is 0.269 e. The predicted octanol–water partition coefficient (Wildman–Crippen LogP) is 1.29. The Hall–Kier alpha value is -2.67. The van der Waals surface area contributed by atoms with Crippen LogP contribution in [0.15, 0.2) is 36.4 Å². The summed E-state index contributed by atoms with van der Waals surface area (Å²) < 4.78 is 1.65. The van der Waals surface area contributed by atoms with E-state index < -0.39 is 0 Å². The van der Waals surface area contributed by atoms with Gasteiger partial charge in [-0.05, 0) is 25.5 Å². The molecule has 0 radical (unpaired) electrons. The lowest BCUT2D eigenvalue weighted by molar-refractivity contribution is -0.131. The molecule has 0 saturated carbocycles. The van der Waals surface area contributed by atoms with Crippen molar-refractivity contribution in [3.63, 3.8) is 0 Å². The van der Waals surface area contributed by atoms with Gasteiger partial charge in [0.05, 0.1) is 12.2 Å². The highest BCUT2D eigenvalue weighted by atomic mass is 16.2. The van der Waals surface area contributed by atoms with Gasteiger partial charge in [0.15, 0.2) is 0 Å². The molecule has 144 valence electrons. The average Bonchev–Trinajstić information content (AvgIpc) is 3.08. The first-order valence-electron chi connectivity index (χ1n) is 9.43. The molecule has 0 bridgehead atoms. The van der Waals surface area contributed by atoms with Crippen molar-refractivity contribution in [2.75, 3.05) is 32.7 Å². The van der Waals surface area contributed by atoms with Crippen LogP contribution in [0, 0.1) is 6.92 Å². The molecule has 7 nitrogen and oxygen atoms in total. The Morgan fingerprint density at radius 3 is 2.48 bits per heavy atom. The molecule has 0 spiro atoms. The fourth-order valence-corrected chi connectivity index (χ4v) is 3.32. The van der Waals surface area contributed by atoms with Crippen LogP contribution in [0.3, 0.4) is 0 Å². The van der Waals surface area contributed by atoms with E-state index in [9.17, 15) is 9.59 Å². The fourth-order valence-electron chi connectivity index (χ4n) is 3.32. The first-order chi connectivity index (χ1) is 13.1. The molecule has 0 atom stereocenters. The molecule has 0 unspecified atom stereocenters. The molecule has 1 fully saturated rings. The van der Waals surface area contributed by atoms with Crippen LogP contribution in [-0.4, -0.2) is 64.1 Å². The van der Waals surface area contributed by atoms with Gasteiger partial charge in [0.25, 0.3) is 5.91 Å². The van der Waals surface area contributed by atoms with Crippen molar-refractivity contribution in [3.05, 3.63) is 53.3 Å². The van der Waals surface area contributed by atoms with E-state index in [1.807, 2.05) is 36.9 Å².